The smallest absolute Gasteiger partial charge is 0.185 e. The van der Waals surface area contributed by atoms with Crippen molar-refractivity contribution in [1.29, 1.82) is 10.8 Å². The summed E-state index contributed by atoms with van der Waals surface area (Å²) in [6.45, 7) is 0. The lowest BCUT2D eigenvalue weighted by atomic mass is 9.90. The average molecular weight is 546 g/mol. The molecule has 0 fully saturated rings. The third-order valence-corrected chi connectivity index (χ3v) is 7.58. The van der Waals surface area contributed by atoms with Crippen LogP contribution in [0.4, 0.5) is 8.78 Å². The van der Waals surface area contributed by atoms with Gasteiger partial charge in [-0.3, -0.25) is 10.8 Å². The number of guanidine groups is 2. The molecule has 9 nitrogen and oxygen atoms in total. The quantitative estimate of drug-likeness (QED) is 0.201. The van der Waals surface area contributed by atoms with Gasteiger partial charge in [0.2, 0.25) is 0 Å². The van der Waals surface area contributed by atoms with Crippen molar-refractivity contribution in [2.75, 3.05) is 0 Å². The van der Waals surface area contributed by atoms with E-state index in [9.17, 15) is 0 Å². The fourth-order valence-corrected chi connectivity index (χ4v) is 5.49. The molecule has 8 N–H and O–H groups in total. The molecular weight excluding hydrogens is 512 g/mol. The van der Waals surface area contributed by atoms with Crippen molar-refractivity contribution >= 4 is 23.1 Å². The summed E-state index contributed by atoms with van der Waals surface area (Å²) in [7, 11) is 1.70. The Balaban J connectivity index is 1.33. The predicted molar refractivity (Wildman–Crippen MR) is 153 cm³/mol. The van der Waals surface area contributed by atoms with Gasteiger partial charge in [-0.15, -0.1) is 10.2 Å². The zero-order valence-corrected chi connectivity index (χ0v) is 22.3. The second-order valence-electron chi connectivity index (χ2n) is 10.3. The number of nitrogens with one attached hydrogen (secondary N) is 4. The van der Waals surface area contributed by atoms with E-state index in [-0.39, 0.29) is 35.1 Å². The predicted octanol–water partition coefficient (Wildman–Crippen LogP) is 4.27. The largest absolute Gasteiger partial charge is 0.370 e. The SMILES string of the molecule is Cn1c(-c2ccc(C3=CCC(NC(=N)N)CC3)cc2F)nnc1-c1ccc(C2=CCC(NC(=N)N)CC2)cc1F. The van der Waals surface area contributed by atoms with Gasteiger partial charge in [0.05, 0.1) is 11.1 Å². The maximum absolute atomic E-state index is 15.3. The van der Waals surface area contributed by atoms with Crippen molar-refractivity contribution in [1.82, 2.24) is 25.4 Å². The molecule has 3 aromatic rings. The summed E-state index contributed by atoms with van der Waals surface area (Å²) in [6.07, 6.45) is 8.64. The van der Waals surface area contributed by atoms with Crippen LogP contribution in [-0.2, 0) is 7.05 Å². The molecule has 40 heavy (non-hydrogen) atoms. The molecule has 11 heteroatoms. The summed E-state index contributed by atoms with van der Waals surface area (Å²) in [5, 5.41) is 29.0. The number of nitrogens with two attached hydrogens (primary N) is 2. The standard InChI is InChI=1S/C29H33F2N9/c1-40-26(22-12-6-18(14-24(22)30)16-2-8-20(9-3-16)36-28(32)33)38-39-27(40)23-13-7-19(15-25(23)31)17-4-10-21(11-5-17)37-29(34)35/h2,4,6-7,12-15,20-21H,3,5,8-11H2,1H3,(H4,32,33,36)(H4,34,35,37). The molecule has 1 aromatic heterocycles. The van der Waals surface area contributed by atoms with Gasteiger partial charge in [-0.1, -0.05) is 24.3 Å². The van der Waals surface area contributed by atoms with E-state index in [1.807, 2.05) is 12.1 Å². The minimum atomic E-state index is -0.429. The molecule has 0 spiro atoms. The number of rotatable bonds is 6. The maximum Gasteiger partial charge on any atom is 0.185 e. The second kappa shape index (κ2) is 11.3. The minimum absolute atomic E-state index is 0.0457. The summed E-state index contributed by atoms with van der Waals surface area (Å²) in [4.78, 5) is 0. The number of benzene rings is 2. The highest BCUT2D eigenvalue weighted by atomic mass is 19.1. The third-order valence-electron chi connectivity index (χ3n) is 7.58. The van der Waals surface area contributed by atoms with Crippen molar-refractivity contribution in [3.05, 3.63) is 71.3 Å². The summed E-state index contributed by atoms with van der Waals surface area (Å²) >= 11 is 0. The summed E-state index contributed by atoms with van der Waals surface area (Å²) in [6, 6.07) is 10.3. The lowest BCUT2D eigenvalue weighted by molar-refractivity contribution is 0.556. The Hall–Kier alpha value is -4.54. The van der Waals surface area contributed by atoms with Crippen LogP contribution in [0.15, 0.2) is 48.6 Å². The highest BCUT2D eigenvalue weighted by Crippen LogP contribution is 2.33. The van der Waals surface area contributed by atoms with E-state index in [2.05, 4.69) is 33.0 Å². The zero-order valence-electron chi connectivity index (χ0n) is 22.3. The first-order valence-corrected chi connectivity index (χ1v) is 13.3. The van der Waals surface area contributed by atoms with Gasteiger partial charge < -0.3 is 26.7 Å². The van der Waals surface area contributed by atoms with Gasteiger partial charge >= 0.3 is 0 Å². The first kappa shape index (κ1) is 27.0. The molecule has 2 aliphatic carbocycles. The van der Waals surface area contributed by atoms with Gasteiger partial charge in [0.1, 0.15) is 11.6 Å². The van der Waals surface area contributed by atoms with Gasteiger partial charge in [-0.05, 0) is 85.1 Å². The van der Waals surface area contributed by atoms with Gasteiger partial charge in [-0.2, -0.15) is 0 Å². The fraction of sp³-hybridized carbons (Fsp3) is 0.310. The Morgan fingerprint density at radius 2 is 1.23 bits per heavy atom. The molecule has 5 rings (SSSR count). The van der Waals surface area contributed by atoms with Crippen molar-refractivity contribution in [3.8, 4) is 22.8 Å². The fourth-order valence-electron chi connectivity index (χ4n) is 5.49. The van der Waals surface area contributed by atoms with Gasteiger partial charge in [0.15, 0.2) is 23.6 Å². The number of allylic oxidation sites excluding steroid dienone is 2. The Morgan fingerprint density at radius 3 is 1.55 bits per heavy atom. The van der Waals surface area contributed by atoms with E-state index >= 15 is 8.78 Å². The normalized spacial score (nSPS) is 19.0. The number of hydrogen-bond donors (Lipinski definition) is 6. The molecule has 0 saturated carbocycles. The monoisotopic (exact) mass is 545 g/mol. The van der Waals surface area contributed by atoms with Crippen LogP contribution >= 0.6 is 0 Å². The second-order valence-corrected chi connectivity index (χ2v) is 10.3. The summed E-state index contributed by atoms with van der Waals surface area (Å²) < 4.78 is 32.2. The molecule has 208 valence electrons. The summed E-state index contributed by atoms with van der Waals surface area (Å²) in [5.74, 6) is -0.329. The maximum atomic E-state index is 15.3. The van der Waals surface area contributed by atoms with Crippen LogP contribution in [0.2, 0.25) is 0 Å². The molecule has 0 saturated heterocycles. The van der Waals surface area contributed by atoms with Gasteiger partial charge in [0, 0.05) is 19.1 Å². The molecule has 0 amide bonds. The first-order chi connectivity index (χ1) is 19.2. The minimum Gasteiger partial charge on any atom is -0.370 e. The van der Waals surface area contributed by atoms with E-state index in [1.165, 1.54) is 12.1 Å². The lowest BCUT2D eigenvalue weighted by Crippen LogP contribution is -2.39. The van der Waals surface area contributed by atoms with E-state index in [1.54, 1.807) is 23.7 Å². The Morgan fingerprint density at radius 1 is 0.800 bits per heavy atom. The number of halogens is 2. The highest BCUT2D eigenvalue weighted by Gasteiger charge is 2.22. The van der Waals surface area contributed by atoms with Crippen molar-refractivity contribution in [3.63, 3.8) is 0 Å². The molecule has 1 heterocycles. The summed E-state index contributed by atoms with van der Waals surface area (Å²) in [5.41, 5.74) is 15.1. The van der Waals surface area contributed by atoms with Crippen molar-refractivity contribution in [2.24, 2.45) is 18.5 Å². The first-order valence-electron chi connectivity index (χ1n) is 13.3. The van der Waals surface area contributed by atoms with Crippen LogP contribution in [-0.4, -0.2) is 38.8 Å². The van der Waals surface area contributed by atoms with Crippen LogP contribution in [0.1, 0.15) is 49.7 Å². The number of hydrogen-bond acceptors (Lipinski definition) is 4. The van der Waals surface area contributed by atoms with Crippen molar-refractivity contribution in [2.45, 2.75) is 50.6 Å². The Labute approximate surface area is 231 Å². The lowest BCUT2D eigenvalue weighted by Gasteiger charge is -2.23. The highest BCUT2D eigenvalue weighted by molar-refractivity contribution is 5.76. The third kappa shape index (κ3) is 5.73. The van der Waals surface area contributed by atoms with Gasteiger partial charge in [0.25, 0.3) is 0 Å². The average Bonchev–Trinajstić information content (AvgIpc) is 3.29. The molecular formula is C29H33F2N9. The van der Waals surface area contributed by atoms with E-state index < -0.39 is 11.6 Å². The van der Waals surface area contributed by atoms with E-state index in [0.29, 0.717) is 24.5 Å². The van der Waals surface area contributed by atoms with Crippen LogP contribution in [0.3, 0.4) is 0 Å². The molecule has 0 radical (unpaired) electrons. The van der Waals surface area contributed by atoms with E-state index in [4.69, 9.17) is 22.3 Å². The molecule has 0 bridgehead atoms. The molecule has 2 aliphatic rings. The number of aromatic nitrogens is 3. The Kier molecular flexibility index (Phi) is 7.63. The molecule has 2 aromatic carbocycles. The van der Waals surface area contributed by atoms with Crippen LogP contribution in [0.5, 0.6) is 0 Å². The van der Waals surface area contributed by atoms with Crippen LogP contribution in [0.25, 0.3) is 33.9 Å². The number of nitrogens with zero attached hydrogens (tertiary/aromatic N) is 3. The Bertz CT molecular complexity index is 1410. The van der Waals surface area contributed by atoms with E-state index in [0.717, 1.165) is 48.0 Å². The van der Waals surface area contributed by atoms with Crippen LogP contribution in [0, 0.1) is 22.5 Å². The molecule has 2 atom stereocenters. The van der Waals surface area contributed by atoms with Crippen LogP contribution < -0.4 is 22.1 Å². The molecule has 2 unspecified atom stereocenters. The van der Waals surface area contributed by atoms with Gasteiger partial charge in [-0.25, -0.2) is 8.78 Å². The molecule has 0 aliphatic heterocycles. The topological polar surface area (TPSA) is 155 Å². The van der Waals surface area contributed by atoms with Crippen molar-refractivity contribution < 1.29 is 8.78 Å². The zero-order chi connectivity index (χ0) is 28.4.